The van der Waals surface area contributed by atoms with E-state index >= 15 is 0 Å². The van der Waals surface area contributed by atoms with E-state index in [-0.39, 0.29) is 17.6 Å². The zero-order valence-corrected chi connectivity index (χ0v) is 15.9. The second-order valence-electron chi connectivity index (χ2n) is 6.71. The van der Waals surface area contributed by atoms with Crippen molar-refractivity contribution in [2.45, 2.75) is 50.6 Å². The third-order valence-electron chi connectivity index (χ3n) is 4.63. The Kier molecular flexibility index (Phi) is 6.52. The van der Waals surface area contributed by atoms with Gasteiger partial charge in [0.1, 0.15) is 6.04 Å². The van der Waals surface area contributed by atoms with Crippen LogP contribution in [0, 0.1) is 0 Å². The van der Waals surface area contributed by atoms with Gasteiger partial charge in [-0.3, -0.25) is 14.4 Å². The van der Waals surface area contributed by atoms with Gasteiger partial charge in [-0.1, -0.05) is 12.1 Å². The molecular weight excluding hydrogens is 364 g/mol. The lowest BCUT2D eigenvalue weighted by atomic mass is 10.0. The lowest BCUT2D eigenvalue weighted by molar-refractivity contribution is -0.131. The highest BCUT2D eigenvalue weighted by molar-refractivity contribution is 7.20. The number of nitrogens with zero attached hydrogens (tertiary/aromatic N) is 1. The summed E-state index contributed by atoms with van der Waals surface area (Å²) in [5.74, 6) is -0.627. The molecule has 7 nitrogen and oxygen atoms in total. The molecule has 3 rings (SSSR count). The van der Waals surface area contributed by atoms with Gasteiger partial charge in [0.05, 0.1) is 16.3 Å². The van der Waals surface area contributed by atoms with E-state index in [1.807, 2.05) is 24.3 Å². The van der Waals surface area contributed by atoms with Crippen molar-refractivity contribution in [1.82, 2.24) is 15.6 Å². The maximum Gasteiger partial charge on any atom is 0.243 e. The Labute approximate surface area is 161 Å². The number of para-hydroxylation sites is 1. The molecule has 1 fully saturated rings. The number of nitrogens with two attached hydrogens (primary N) is 1. The summed E-state index contributed by atoms with van der Waals surface area (Å²) in [6.45, 7) is 0.536. The number of hydrogen-bond donors (Lipinski definition) is 3. The van der Waals surface area contributed by atoms with Gasteiger partial charge in [0.25, 0.3) is 0 Å². The first-order valence-electron chi connectivity index (χ1n) is 9.28. The van der Waals surface area contributed by atoms with Crippen LogP contribution in [-0.4, -0.2) is 41.2 Å². The smallest absolute Gasteiger partial charge is 0.243 e. The molecule has 8 heteroatoms. The van der Waals surface area contributed by atoms with Gasteiger partial charge in [-0.2, -0.15) is 0 Å². The molecule has 0 aliphatic carbocycles. The highest BCUT2D eigenvalue weighted by Crippen LogP contribution is 2.23. The Morgan fingerprint density at radius 2 is 2.15 bits per heavy atom. The lowest BCUT2D eigenvalue weighted by Crippen LogP contribution is -2.53. The van der Waals surface area contributed by atoms with Gasteiger partial charge in [-0.15, -0.1) is 11.3 Å². The van der Waals surface area contributed by atoms with Gasteiger partial charge in [0, 0.05) is 6.42 Å². The van der Waals surface area contributed by atoms with Crippen LogP contribution in [0.25, 0.3) is 10.2 Å². The summed E-state index contributed by atoms with van der Waals surface area (Å²) in [6.07, 6.45) is 3.71. The molecule has 4 N–H and O–H groups in total. The van der Waals surface area contributed by atoms with E-state index in [9.17, 15) is 14.4 Å². The first-order valence-corrected chi connectivity index (χ1v) is 10.1. The number of unbranched alkanes of at least 4 members (excludes halogenated alkanes) is 1. The molecule has 1 aliphatic rings. The van der Waals surface area contributed by atoms with Crippen LogP contribution < -0.4 is 16.4 Å². The molecule has 1 saturated heterocycles. The fourth-order valence-electron chi connectivity index (χ4n) is 3.16. The lowest BCUT2D eigenvalue weighted by Gasteiger charge is -2.25. The molecule has 0 spiro atoms. The second kappa shape index (κ2) is 9.05. The predicted molar refractivity (Wildman–Crippen MR) is 105 cm³/mol. The van der Waals surface area contributed by atoms with Crippen LogP contribution in [0.5, 0.6) is 0 Å². The number of carbonyl (C=O) groups excluding carboxylic acids is 3. The van der Waals surface area contributed by atoms with Gasteiger partial charge < -0.3 is 16.4 Å². The fourth-order valence-corrected chi connectivity index (χ4v) is 4.12. The number of fused-ring (bicyclic) bond motifs is 1. The van der Waals surface area contributed by atoms with E-state index in [4.69, 9.17) is 5.73 Å². The van der Waals surface area contributed by atoms with Crippen LogP contribution in [0.15, 0.2) is 24.3 Å². The SMILES string of the molecule is NCCCC[C@H](NC(=O)C1CCCC(=O)N1)C(=O)c1nc2ccccc2s1. The Bertz CT molecular complexity index is 802. The first-order chi connectivity index (χ1) is 13.1. The molecule has 1 aliphatic heterocycles. The maximum absolute atomic E-state index is 13.0. The van der Waals surface area contributed by atoms with Crippen molar-refractivity contribution >= 4 is 39.2 Å². The van der Waals surface area contributed by atoms with Crippen molar-refractivity contribution < 1.29 is 14.4 Å². The summed E-state index contributed by atoms with van der Waals surface area (Å²) in [7, 11) is 0. The van der Waals surface area contributed by atoms with Crippen LogP contribution in [0.2, 0.25) is 0 Å². The van der Waals surface area contributed by atoms with E-state index in [1.54, 1.807) is 0 Å². The largest absolute Gasteiger partial charge is 0.344 e. The summed E-state index contributed by atoms with van der Waals surface area (Å²) in [4.78, 5) is 41.5. The molecule has 0 bridgehead atoms. The molecule has 1 aromatic heterocycles. The van der Waals surface area contributed by atoms with Crippen molar-refractivity contribution in [3.05, 3.63) is 29.3 Å². The van der Waals surface area contributed by atoms with Crippen LogP contribution in [0.3, 0.4) is 0 Å². The third kappa shape index (κ3) is 4.90. The van der Waals surface area contributed by atoms with E-state index in [0.717, 1.165) is 23.1 Å². The number of amides is 2. The number of carbonyl (C=O) groups is 3. The molecule has 27 heavy (non-hydrogen) atoms. The van der Waals surface area contributed by atoms with Crippen molar-refractivity contribution in [1.29, 1.82) is 0 Å². The number of piperidine rings is 1. The molecule has 2 heterocycles. The molecule has 2 atom stereocenters. The van der Waals surface area contributed by atoms with Gasteiger partial charge in [0.2, 0.25) is 17.6 Å². The average Bonchev–Trinajstić information content (AvgIpc) is 3.11. The first kappa shape index (κ1) is 19.4. The second-order valence-corrected chi connectivity index (χ2v) is 7.74. The molecule has 144 valence electrons. The Morgan fingerprint density at radius 1 is 1.33 bits per heavy atom. The number of hydrogen-bond acceptors (Lipinski definition) is 6. The topological polar surface area (TPSA) is 114 Å². The van der Waals surface area contributed by atoms with Gasteiger partial charge in [0.15, 0.2) is 5.01 Å². The van der Waals surface area contributed by atoms with Gasteiger partial charge in [-0.05, 0) is 50.8 Å². The summed E-state index contributed by atoms with van der Waals surface area (Å²) in [5, 5.41) is 5.92. The molecular formula is C19H24N4O3S. The van der Waals surface area contributed by atoms with Crippen molar-refractivity contribution in [3.63, 3.8) is 0 Å². The van der Waals surface area contributed by atoms with Gasteiger partial charge in [-0.25, -0.2) is 4.98 Å². The molecule has 0 saturated carbocycles. The molecule has 1 unspecified atom stereocenters. The van der Waals surface area contributed by atoms with Crippen molar-refractivity contribution in [2.24, 2.45) is 5.73 Å². The van der Waals surface area contributed by atoms with Gasteiger partial charge >= 0.3 is 0 Å². The number of Topliss-reactive ketones (excluding diaryl/α,β-unsaturated/α-hetero) is 1. The minimum atomic E-state index is -0.663. The molecule has 2 amide bonds. The normalized spacial score (nSPS) is 18.1. The number of nitrogens with one attached hydrogen (secondary N) is 2. The van der Waals surface area contributed by atoms with E-state index < -0.39 is 12.1 Å². The number of rotatable bonds is 8. The minimum Gasteiger partial charge on any atom is -0.344 e. The average molecular weight is 388 g/mol. The number of benzene rings is 1. The Hall–Kier alpha value is -2.32. The Balaban J connectivity index is 1.74. The van der Waals surface area contributed by atoms with Crippen molar-refractivity contribution in [3.8, 4) is 0 Å². The zero-order chi connectivity index (χ0) is 19.2. The molecule has 2 aromatic rings. The molecule has 1 aromatic carbocycles. The quantitative estimate of drug-likeness (QED) is 0.471. The van der Waals surface area contributed by atoms with E-state index in [1.165, 1.54) is 11.3 Å². The minimum absolute atomic E-state index is 0.126. The number of thiazole rings is 1. The van der Waals surface area contributed by atoms with Crippen LogP contribution in [-0.2, 0) is 9.59 Å². The zero-order valence-electron chi connectivity index (χ0n) is 15.1. The standard InChI is InChI=1S/C19H24N4O3S/c20-11-4-3-7-13(22-18(26)14-8-5-10-16(24)21-14)17(25)19-23-12-6-1-2-9-15(12)27-19/h1-2,6,9,13-14H,3-5,7-8,10-11,20H2,(H,21,24)(H,22,26)/t13-,14?/m0/s1. The highest BCUT2D eigenvalue weighted by Gasteiger charge is 2.30. The highest BCUT2D eigenvalue weighted by atomic mass is 32.1. The molecule has 0 radical (unpaired) electrons. The van der Waals surface area contributed by atoms with Crippen LogP contribution >= 0.6 is 11.3 Å². The number of ketones is 1. The fraction of sp³-hybridized carbons (Fsp3) is 0.474. The van der Waals surface area contributed by atoms with Crippen molar-refractivity contribution in [2.75, 3.05) is 6.54 Å². The third-order valence-corrected chi connectivity index (χ3v) is 5.68. The summed E-state index contributed by atoms with van der Waals surface area (Å²) < 4.78 is 0.937. The van der Waals surface area contributed by atoms with Crippen LogP contribution in [0.1, 0.15) is 48.3 Å². The number of aromatic nitrogens is 1. The summed E-state index contributed by atoms with van der Waals surface area (Å²) in [6, 6.07) is 6.32. The maximum atomic E-state index is 13.0. The summed E-state index contributed by atoms with van der Waals surface area (Å²) >= 11 is 1.33. The predicted octanol–water partition coefficient (Wildman–Crippen LogP) is 1.76. The Morgan fingerprint density at radius 3 is 2.89 bits per heavy atom. The van der Waals surface area contributed by atoms with E-state index in [0.29, 0.717) is 37.2 Å². The van der Waals surface area contributed by atoms with E-state index in [2.05, 4.69) is 15.6 Å². The van der Waals surface area contributed by atoms with Crippen LogP contribution in [0.4, 0.5) is 0 Å². The monoisotopic (exact) mass is 388 g/mol. The summed E-state index contributed by atoms with van der Waals surface area (Å²) in [5.41, 5.74) is 6.33.